The van der Waals surface area contributed by atoms with E-state index in [9.17, 15) is 14.4 Å². The molecule has 0 bridgehead atoms. The number of benzene rings is 3. The van der Waals surface area contributed by atoms with Crippen LogP contribution in [-0.4, -0.2) is 28.9 Å². The van der Waals surface area contributed by atoms with Crippen LogP contribution in [0.15, 0.2) is 78.9 Å². The quantitative estimate of drug-likeness (QED) is 0.449. The monoisotopic (exact) mass is 488 g/mol. The number of carbonyl (C=O) groups excluding carboxylic acids is 2. The van der Waals surface area contributed by atoms with Crippen molar-refractivity contribution in [3.63, 3.8) is 0 Å². The minimum Gasteiger partial charge on any atom is -0.478 e. The van der Waals surface area contributed by atoms with Crippen LogP contribution in [0, 0.1) is 0 Å². The van der Waals surface area contributed by atoms with Crippen LogP contribution in [0.3, 0.4) is 0 Å². The number of fused-ring (bicyclic) bond motifs is 1. The zero-order valence-corrected chi connectivity index (χ0v) is 20.1. The Labute approximate surface area is 209 Å². The minimum absolute atomic E-state index is 0.0934. The van der Waals surface area contributed by atoms with Crippen LogP contribution in [0.5, 0.6) is 0 Å². The van der Waals surface area contributed by atoms with Gasteiger partial charge in [0.25, 0.3) is 5.91 Å². The SMILES string of the molecule is CC(=O)N(c1ccc(Cl)cc1)C1CC(C)N(C(=O)c2ccc(/C=C/C(=O)O)cc2)c2ccccc21. The highest BCUT2D eigenvalue weighted by Crippen LogP contribution is 2.42. The van der Waals surface area contributed by atoms with E-state index in [2.05, 4.69) is 0 Å². The molecule has 0 saturated carbocycles. The molecule has 2 amide bonds. The van der Waals surface area contributed by atoms with Crippen molar-refractivity contribution in [3.05, 3.63) is 101 Å². The summed E-state index contributed by atoms with van der Waals surface area (Å²) in [5, 5.41) is 9.40. The number of para-hydroxylation sites is 1. The molecule has 1 N–H and O–H groups in total. The van der Waals surface area contributed by atoms with E-state index < -0.39 is 5.97 Å². The molecular formula is C28H25ClN2O4. The molecule has 0 aliphatic carbocycles. The second kappa shape index (κ2) is 10.2. The van der Waals surface area contributed by atoms with Crippen molar-refractivity contribution >= 4 is 46.8 Å². The Balaban J connectivity index is 1.69. The van der Waals surface area contributed by atoms with Crippen LogP contribution in [0.4, 0.5) is 11.4 Å². The average Bonchev–Trinajstić information content (AvgIpc) is 2.84. The fourth-order valence-electron chi connectivity index (χ4n) is 4.56. The van der Waals surface area contributed by atoms with E-state index in [0.29, 0.717) is 22.6 Å². The highest BCUT2D eigenvalue weighted by Gasteiger charge is 2.38. The van der Waals surface area contributed by atoms with Crippen LogP contribution in [0.2, 0.25) is 5.02 Å². The summed E-state index contributed by atoms with van der Waals surface area (Å²) in [6.45, 7) is 3.52. The summed E-state index contributed by atoms with van der Waals surface area (Å²) in [5.74, 6) is -1.28. The number of carboxylic acids is 1. The van der Waals surface area contributed by atoms with Crippen molar-refractivity contribution in [3.8, 4) is 0 Å². The Kier molecular flexibility index (Phi) is 7.03. The molecule has 0 spiro atoms. The maximum Gasteiger partial charge on any atom is 0.328 e. The van der Waals surface area contributed by atoms with Gasteiger partial charge in [0, 0.05) is 41.0 Å². The van der Waals surface area contributed by atoms with E-state index in [1.54, 1.807) is 53.1 Å². The Morgan fingerprint density at radius 2 is 1.66 bits per heavy atom. The first kappa shape index (κ1) is 24.2. The molecule has 1 heterocycles. The van der Waals surface area contributed by atoms with Gasteiger partial charge in [-0.05, 0) is 73.0 Å². The lowest BCUT2D eigenvalue weighted by molar-refractivity contribution is -0.131. The predicted octanol–water partition coefficient (Wildman–Crippen LogP) is 5.97. The second-order valence-corrected chi connectivity index (χ2v) is 8.93. The van der Waals surface area contributed by atoms with Crippen molar-refractivity contribution in [2.24, 2.45) is 0 Å². The molecule has 2 unspecified atom stereocenters. The first-order valence-corrected chi connectivity index (χ1v) is 11.6. The fraction of sp³-hybridized carbons (Fsp3) is 0.179. The highest BCUT2D eigenvalue weighted by atomic mass is 35.5. The number of rotatable bonds is 5. The molecule has 178 valence electrons. The lowest BCUT2D eigenvalue weighted by Crippen LogP contribution is -2.47. The minimum atomic E-state index is -1.03. The molecule has 1 aliphatic rings. The van der Waals surface area contributed by atoms with Crippen molar-refractivity contribution in [2.45, 2.75) is 32.4 Å². The van der Waals surface area contributed by atoms with E-state index in [1.807, 2.05) is 43.3 Å². The molecule has 2 atom stereocenters. The van der Waals surface area contributed by atoms with Crippen LogP contribution in [-0.2, 0) is 9.59 Å². The Morgan fingerprint density at radius 3 is 2.29 bits per heavy atom. The van der Waals surface area contributed by atoms with Crippen molar-refractivity contribution in [2.75, 3.05) is 9.80 Å². The fourth-order valence-corrected chi connectivity index (χ4v) is 4.69. The number of carboxylic acid groups (broad SMARTS) is 1. The third-order valence-electron chi connectivity index (χ3n) is 6.11. The van der Waals surface area contributed by atoms with Gasteiger partial charge in [-0.3, -0.25) is 9.59 Å². The number of hydrogen-bond donors (Lipinski definition) is 1. The van der Waals surface area contributed by atoms with Gasteiger partial charge in [-0.2, -0.15) is 0 Å². The van der Waals surface area contributed by atoms with E-state index in [0.717, 1.165) is 23.0 Å². The van der Waals surface area contributed by atoms with Gasteiger partial charge in [0.15, 0.2) is 0 Å². The molecule has 6 nitrogen and oxygen atoms in total. The first-order chi connectivity index (χ1) is 16.8. The van der Waals surface area contributed by atoms with Crippen molar-refractivity contribution in [1.82, 2.24) is 0 Å². The van der Waals surface area contributed by atoms with Crippen LogP contribution >= 0.6 is 11.6 Å². The number of nitrogens with zero attached hydrogens (tertiary/aromatic N) is 2. The standard InChI is InChI=1S/C28H25ClN2O4/c1-18-17-26(31(19(2)32)23-14-12-22(29)13-15-23)24-5-3-4-6-25(24)30(18)28(35)21-10-7-20(8-11-21)9-16-27(33)34/h3-16,18,26H,17H2,1-2H3,(H,33,34)/b16-9+. The maximum atomic E-state index is 13.6. The van der Waals surface area contributed by atoms with Crippen LogP contribution in [0.1, 0.15) is 47.8 Å². The summed E-state index contributed by atoms with van der Waals surface area (Å²) < 4.78 is 0. The number of hydrogen-bond acceptors (Lipinski definition) is 3. The molecule has 4 rings (SSSR count). The molecule has 7 heteroatoms. The summed E-state index contributed by atoms with van der Waals surface area (Å²) in [7, 11) is 0. The number of anilines is 2. The maximum absolute atomic E-state index is 13.6. The molecule has 0 radical (unpaired) electrons. The summed E-state index contributed by atoms with van der Waals surface area (Å²) in [6, 6.07) is 21.2. The lowest BCUT2D eigenvalue weighted by Gasteiger charge is -2.43. The number of halogens is 1. The summed E-state index contributed by atoms with van der Waals surface area (Å²) in [5.41, 5.74) is 3.59. The van der Waals surface area contributed by atoms with Gasteiger partial charge >= 0.3 is 5.97 Å². The molecule has 3 aromatic rings. The molecule has 1 aliphatic heterocycles. The van der Waals surface area contributed by atoms with Gasteiger partial charge in [0.2, 0.25) is 5.91 Å². The molecule has 0 aromatic heterocycles. The van der Waals surface area contributed by atoms with Crippen LogP contribution < -0.4 is 9.80 Å². The first-order valence-electron chi connectivity index (χ1n) is 11.2. The van der Waals surface area contributed by atoms with Crippen molar-refractivity contribution in [1.29, 1.82) is 0 Å². The van der Waals surface area contributed by atoms with Gasteiger partial charge in [-0.1, -0.05) is 41.9 Å². The third kappa shape index (κ3) is 5.12. The van der Waals surface area contributed by atoms with Gasteiger partial charge in [0.05, 0.1) is 6.04 Å². The summed E-state index contributed by atoms with van der Waals surface area (Å²) >= 11 is 6.06. The summed E-state index contributed by atoms with van der Waals surface area (Å²) in [6.07, 6.45) is 3.10. The normalized spacial score (nSPS) is 17.2. The predicted molar refractivity (Wildman–Crippen MR) is 138 cm³/mol. The third-order valence-corrected chi connectivity index (χ3v) is 6.36. The number of carbonyl (C=O) groups is 3. The zero-order chi connectivity index (χ0) is 25.1. The Bertz CT molecular complexity index is 1290. The Morgan fingerprint density at radius 1 is 1.00 bits per heavy atom. The van der Waals surface area contributed by atoms with Crippen molar-refractivity contribution < 1.29 is 19.5 Å². The smallest absolute Gasteiger partial charge is 0.328 e. The zero-order valence-electron chi connectivity index (χ0n) is 19.4. The van der Waals surface area contributed by atoms with E-state index in [4.69, 9.17) is 16.7 Å². The highest BCUT2D eigenvalue weighted by molar-refractivity contribution is 6.30. The summed E-state index contributed by atoms with van der Waals surface area (Å²) in [4.78, 5) is 40.7. The molecular weight excluding hydrogens is 464 g/mol. The average molecular weight is 489 g/mol. The van der Waals surface area contributed by atoms with Gasteiger partial charge in [-0.25, -0.2) is 4.79 Å². The molecule has 0 saturated heterocycles. The van der Waals surface area contributed by atoms with Crippen LogP contribution in [0.25, 0.3) is 6.08 Å². The topological polar surface area (TPSA) is 77.9 Å². The largest absolute Gasteiger partial charge is 0.478 e. The van der Waals surface area contributed by atoms with Gasteiger partial charge < -0.3 is 14.9 Å². The molecule has 35 heavy (non-hydrogen) atoms. The number of aliphatic carboxylic acids is 1. The van der Waals surface area contributed by atoms with Gasteiger partial charge in [0.1, 0.15) is 0 Å². The molecule has 3 aromatic carbocycles. The van der Waals surface area contributed by atoms with E-state index in [-0.39, 0.29) is 23.9 Å². The Hall–Kier alpha value is -3.90. The van der Waals surface area contributed by atoms with Gasteiger partial charge in [-0.15, -0.1) is 0 Å². The lowest BCUT2D eigenvalue weighted by atomic mass is 9.89. The van der Waals surface area contributed by atoms with E-state index in [1.165, 1.54) is 6.08 Å². The van der Waals surface area contributed by atoms with E-state index >= 15 is 0 Å². The second-order valence-electron chi connectivity index (χ2n) is 8.49. The number of amides is 2. The molecule has 0 fully saturated rings.